The van der Waals surface area contributed by atoms with E-state index < -0.39 is 11.8 Å². The Morgan fingerprint density at radius 3 is 2.61 bits per heavy atom. The van der Waals surface area contributed by atoms with Gasteiger partial charge in [0.05, 0.1) is 28.4 Å². The molecule has 0 spiro atoms. The van der Waals surface area contributed by atoms with Crippen LogP contribution in [-0.2, 0) is 9.59 Å². The molecule has 1 aromatic carbocycles. The summed E-state index contributed by atoms with van der Waals surface area (Å²) in [5.41, 5.74) is 0.458. The van der Waals surface area contributed by atoms with E-state index in [2.05, 4.69) is 10.6 Å². The summed E-state index contributed by atoms with van der Waals surface area (Å²) in [6.07, 6.45) is 0. The van der Waals surface area contributed by atoms with E-state index in [-0.39, 0.29) is 17.3 Å². The number of halogens is 1. The number of carbonyl (C=O) groups is 2. The molecule has 0 saturated carbocycles. The molecule has 2 amide bonds. The predicted octanol–water partition coefficient (Wildman–Crippen LogP) is 0.790. The van der Waals surface area contributed by atoms with Crippen molar-refractivity contribution in [1.29, 1.82) is 10.5 Å². The van der Waals surface area contributed by atoms with Crippen LogP contribution in [-0.4, -0.2) is 18.4 Å². The fourth-order valence-electron chi connectivity index (χ4n) is 1.07. The van der Waals surface area contributed by atoms with Gasteiger partial charge in [-0.1, -0.05) is 11.6 Å². The van der Waals surface area contributed by atoms with Gasteiger partial charge in [-0.05, 0) is 18.2 Å². The number of carbonyl (C=O) groups excluding carboxylic acids is 2. The normalized spacial score (nSPS) is 8.83. The first-order chi connectivity index (χ1) is 8.58. The van der Waals surface area contributed by atoms with Gasteiger partial charge in [0.1, 0.15) is 6.54 Å². The lowest BCUT2D eigenvalue weighted by atomic mass is 10.2. The molecule has 1 rings (SSSR count). The van der Waals surface area contributed by atoms with E-state index in [0.717, 1.165) is 0 Å². The van der Waals surface area contributed by atoms with E-state index in [1.54, 1.807) is 6.07 Å². The second-order valence-corrected chi connectivity index (χ2v) is 3.51. The maximum absolute atomic E-state index is 11.4. The molecule has 1 aromatic rings. The van der Waals surface area contributed by atoms with Gasteiger partial charge in [-0.25, -0.2) is 0 Å². The minimum absolute atomic E-state index is 0.160. The zero-order valence-electron chi connectivity index (χ0n) is 9.03. The standard InChI is InChI=1S/C11H7ClN4O2/c12-8-2-1-7(6-14)5-9(8)16-11(18)10(17)15-4-3-13/h1-2,5H,4H2,(H,15,17)(H,16,18). The van der Waals surface area contributed by atoms with Gasteiger partial charge in [0.2, 0.25) is 0 Å². The lowest BCUT2D eigenvalue weighted by molar-refractivity contribution is -0.136. The molecule has 18 heavy (non-hydrogen) atoms. The highest BCUT2D eigenvalue weighted by Crippen LogP contribution is 2.22. The maximum atomic E-state index is 11.4. The molecular formula is C11H7ClN4O2. The van der Waals surface area contributed by atoms with Crippen LogP contribution >= 0.6 is 11.6 Å². The van der Waals surface area contributed by atoms with Crippen LogP contribution < -0.4 is 10.6 Å². The molecule has 2 N–H and O–H groups in total. The highest BCUT2D eigenvalue weighted by atomic mass is 35.5. The van der Waals surface area contributed by atoms with Crippen molar-refractivity contribution in [3.63, 3.8) is 0 Å². The fourth-order valence-corrected chi connectivity index (χ4v) is 1.23. The number of nitriles is 2. The van der Waals surface area contributed by atoms with Crippen LogP contribution in [0.4, 0.5) is 5.69 Å². The first kappa shape index (κ1) is 13.5. The second kappa shape index (κ2) is 6.24. The summed E-state index contributed by atoms with van der Waals surface area (Å²) in [4.78, 5) is 22.6. The van der Waals surface area contributed by atoms with Crippen molar-refractivity contribution in [2.24, 2.45) is 0 Å². The highest BCUT2D eigenvalue weighted by molar-refractivity contribution is 6.41. The molecule has 0 unspecified atom stereocenters. The number of nitrogens with one attached hydrogen (secondary N) is 2. The van der Waals surface area contributed by atoms with Crippen LogP contribution in [0.1, 0.15) is 5.56 Å². The minimum atomic E-state index is -0.956. The van der Waals surface area contributed by atoms with Gasteiger partial charge in [-0.2, -0.15) is 10.5 Å². The maximum Gasteiger partial charge on any atom is 0.313 e. The lowest BCUT2D eigenvalue weighted by Crippen LogP contribution is -2.35. The van der Waals surface area contributed by atoms with Gasteiger partial charge in [0.25, 0.3) is 0 Å². The number of rotatable bonds is 2. The number of hydrogen-bond donors (Lipinski definition) is 2. The van der Waals surface area contributed by atoms with Crippen molar-refractivity contribution in [3.8, 4) is 12.1 Å². The molecule has 0 aliphatic rings. The summed E-state index contributed by atoms with van der Waals surface area (Å²) in [7, 11) is 0. The third kappa shape index (κ3) is 3.48. The molecular weight excluding hydrogens is 256 g/mol. The van der Waals surface area contributed by atoms with Crippen LogP contribution in [0.3, 0.4) is 0 Å². The topological polar surface area (TPSA) is 106 Å². The van der Waals surface area contributed by atoms with E-state index >= 15 is 0 Å². The van der Waals surface area contributed by atoms with Gasteiger partial charge in [0, 0.05) is 0 Å². The van der Waals surface area contributed by atoms with E-state index in [9.17, 15) is 9.59 Å². The molecule has 0 aliphatic heterocycles. The number of nitrogens with zero attached hydrogens (tertiary/aromatic N) is 2. The molecule has 0 aromatic heterocycles. The van der Waals surface area contributed by atoms with Crippen molar-refractivity contribution in [3.05, 3.63) is 28.8 Å². The summed E-state index contributed by atoms with van der Waals surface area (Å²) < 4.78 is 0. The third-order valence-corrected chi connectivity index (χ3v) is 2.21. The van der Waals surface area contributed by atoms with E-state index in [1.165, 1.54) is 18.2 Å². The first-order valence-electron chi connectivity index (χ1n) is 4.74. The molecule has 0 fully saturated rings. The average molecular weight is 263 g/mol. The SMILES string of the molecule is N#CCNC(=O)C(=O)Nc1cc(C#N)ccc1Cl. The Balaban J connectivity index is 2.79. The van der Waals surface area contributed by atoms with E-state index in [1.807, 2.05) is 6.07 Å². The summed E-state index contributed by atoms with van der Waals surface area (Å²) in [6.45, 7) is -0.266. The quantitative estimate of drug-likeness (QED) is 0.607. The Kier molecular flexibility index (Phi) is 4.67. The van der Waals surface area contributed by atoms with Gasteiger partial charge >= 0.3 is 11.8 Å². The average Bonchev–Trinajstić information content (AvgIpc) is 2.38. The highest BCUT2D eigenvalue weighted by Gasteiger charge is 2.14. The number of benzene rings is 1. The zero-order valence-corrected chi connectivity index (χ0v) is 9.78. The van der Waals surface area contributed by atoms with Crippen molar-refractivity contribution < 1.29 is 9.59 Å². The number of anilines is 1. The molecule has 6 nitrogen and oxygen atoms in total. The predicted molar refractivity (Wildman–Crippen MR) is 63.4 cm³/mol. The van der Waals surface area contributed by atoms with Crippen LogP contribution in [0.15, 0.2) is 18.2 Å². The summed E-state index contributed by atoms with van der Waals surface area (Å²) in [5.74, 6) is -1.91. The van der Waals surface area contributed by atoms with Crippen molar-refractivity contribution in [2.75, 3.05) is 11.9 Å². The zero-order chi connectivity index (χ0) is 13.5. The summed E-state index contributed by atoms with van der Waals surface area (Å²) in [5, 5.41) is 21.5. The van der Waals surface area contributed by atoms with Crippen molar-refractivity contribution >= 4 is 29.1 Å². The molecule has 0 radical (unpaired) electrons. The Hall–Kier alpha value is -2.57. The molecule has 0 heterocycles. The molecule has 0 saturated heterocycles. The number of hydrogen-bond acceptors (Lipinski definition) is 4. The molecule has 90 valence electrons. The molecule has 7 heteroatoms. The van der Waals surface area contributed by atoms with E-state index in [4.69, 9.17) is 22.1 Å². The van der Waals surface area contributed by atoms with E-state index in [0.29, 0.717) is 5.56 Å². The Labute approximate surface area is 108 Å². The fraction of sp³-hybridized carbons (Fsp3) is 0.0909. The minimum Gasteiger partial charge on any atom is -0.335 e. The monoisotopic (exact) mass is 262 g/mol. The van der Waals surface area contributed by atoms with Gasteiger partial charge in [0.15, 0.2) is 0 Å². The third-order valence-electron chi connectivity index (χ3n) is 1.88. The van der Waals surface area contributed by atoms with Crippen LogP contribution in [0, 0.1) is 22.7 Å². The van der Waals surface area contributed by atoms with Crippen LogP contribution in [0.2, 0.25) is 5.02 Å². The van der Waals surface area contributed by atoms with Crippen LogP contribution in [0.5, 0.6) is 0 Å². The van der Waals surface area contributed by atoms with Gasteiger partial charge in [-0.3, -0.25) is 9.59 Å². The second-order valence-electron chi connectivity index (χ2n) is 3.10. The lowest BCUT2D eigenvalue weighted by Gasteiger charge is -2.06. The van der Waals surface area contributed by atoms with Crippen molar-refractivity contribution in [1.82, 2.24) is 5.32 Å². The van der Waals surface area contributed by atoms with Gasteiger partial charge in [-0.15, -0.1) is 0 Å². The Bertz CT molecular complexity index is 571. The smallest absolute Gasteiger partial charge is 0.313 e. The molecule has 0 bridgehead atoms. The largest absolute Gasteiger partial charge is 0.335 e. The molecule has 0 atom stereocenters. The summed E-state index contributed by atoms with van der Waals surface area (Å²) >= 11 is 5.80. The number of amides is 2. The first-order valence-corrected chi connectivity index (χ1v) is 5.12. The Morgan fingerprint density at radius 1 is 1.28 bits per heavy atom. The summed E-state index contributed by atoms with van der Waals surface area (Å²) in [6, 6.07) is 7.80. The van der Waals surface area contributed by atoms with Crippen molar-refractivity contribution in [2.45, 2.75) is 0 Å². The molecule has 0 aliphatic carbocycles. The van der Waals surface area contributed by atoms with Crippen LogP contribution in [0.25, 0.3) is 0 Å². The van der Waals surface area contributed by atoms with Gasteiger partial charge < -0.3 is 10.6 Å². The Morgan fingerprint density at radius 2 is 2.00 bits per heavy atom.